The highest BCUT2D eigenvalue weighted by Crippen LogP contribution is 2.33. The highest BCUT2D eigenvalue weighted by molar-refractivity contribution is 5.55. The number of ether oxygens (including phenoxy) is 2. The fourth-order valence-corrected chi connectivity index (χ4v) is 3.10. The van der Waals surface area contributed by atoms with Crippen molar-refractivity contribution < 1.29 is 14.6 Å². The summed E-state index contributed by atoms with van der Waals surface area (Å²) in [5.41, 5.74) is 0.972. The highest BCUT2D eigenvalue weighted by Gasteiger charge is 2.19. The molecule has 110 valence electrons. The van der Waals surface area contributed by atoms with Crippen molar-refractivity contribution in [2.75, 3.05) is 25.1 Å². The molecule has 1 fully saturated rings. The van der Waals surface area contributed by atoms with E-state index in [2.05, 4.69) is 5.32 Å². The van der Waals surface area contributed by atoms with Crippen molar-refractivity contribution in [3.8, 4) is 11.5 Å². The lowest BCUT2D eigenvalue weighted by Gasteiger charge is -2.20. The number of benzene rings is 1. The molecule has 0 aromatic heterocycles. The number of anilines is 1. The van der Waals surface area contributed by atoms with Gasteiger partial charge in [0.2, 0.25) is 0 Å². The summed E-state index contributed by atoms with van der Waals surface area (Å²) in [6.07, 6.45) is 5.85. The molecule has 3 rings (SSSR count). The molecule has 0 saturated heterocycles. The van der Waals surface area contributed by atoms with Crippen LogP contribution in [0.25, 0.3) is 0 Å². The van der Waals surface area contributed by atoms with Gasteiger partial charge in [0.15, 0.2) is 11.5 Å². The molecule has 0 spiro atoms. The van der Waals surface area contributed by atoms with Crippen LogP contribution in [0.4, 0.5) is 5.69 Å². The zero-order valence-electron chi connectivity index (χ0n) is 11.8. The Kier molecular flexibility index (Phi) is 4.31. The molecule has 2 aliphatic rings. The number of fused-ring (bicyclic) bond motifs is 1. The van der Waals surface area contributed by atoms with Crippen molar-refractivity contribution in [2.24, 2.45) is 5.92 Å². The van der Waals surface area contributed by atoms with Gasteiger partial charge in [0.05, 0.1) is 6.10 Å². The molecular formula is C16H23NO3. The van der Waals surface area contributed by atoms with Gasteiger partial charge in [-0.3, -0.25) is 0 Å². The lowest BCUT2D eigenvalue weighted by molar-refractivity contribution is 0.155. The van der Waals surface area contributed by atoms with E-state index in [0.717, 1.165) is 23.6 Å². The maximum absolute atomic E-state index is 10.1. The molecule has 4 heteroatoms. The second-order valence-electron chi connectivity index (χ2n) is 5.78. The molecule has 2 N–H and O–H groups in total. The fraction of sp³-hybridized carbons (Fsp3) is 0.625. The standard InChI is InChI=1S/C16H23NO3/c18-14(9-12-3-1-2-4-12)11-17-13-5-6-15-16(10-13)20-8-7-19-15/h5-6,10,12,14,17-18H,1-4,7-9,11H2. The monoisotopic (exact) mass is 277 g/mol. The zero-order valence-corrected chi connectivity index (χ0v) is 11.8. The van der Waals surface area contributed by atoms with E-state index in [1.54, 1.807) is 0 Å². The third-order valence-electron chi connectivity index (χ3n) is 4.16. The highest BCUT2D eigenvalue weighted by atomic mass is 16.6. The Labute approximate surface area is 120 Å². The predicted molar refractivity (Wildman–Crippen MR) is 78.5 cm³/mol. The Morgan fingerprint density at radius 3 is 2.70 bits per heavy atom. The van der Waals surface area contributed by atoms with E-state index in [4.69, 9.17) is 9.47 Å². The molecular weight excluding hydrogens is 254 g/mol. The second kappa shape index (κ2) is 6.35. The van der Waals surface area contributed by atoms with Crippen LogP contribution in [-0.4, -0.2) is 31.0 Å². The summed E-state index contributed by atoms with van der Waals surface area (Å²) in [4.78, 5) is 0. The first-order valence-electron chi connectivity index (χ1n) is 7.63. The van der Waals surface area contributed by atoms with Crippen molar-refractivity contribution in [3.05, 3.63) is 18.2 Å². The van der Waals surface area contributed by atoms with Crippen molar-refractivity contribution in [1.29, 1.82) is 0 Å². The van der Waals surface area contributed by atoms with Gasteiger partial charge in [0.25, 0.3) is 0 Å². The van der Waals surface area contributed by atoms with Gasteiger partial charge < -0.3 is 19.9 Å². The average Bonchev–Trinajstić information content (AvgIpc) is 2.98. The van der Waals surface area contributed by atoms with E-state index in [-0.39, 0.29) is 6.10 Å². The summed E-state index contributed by atoms with van der Waals surface area (Å²) in [6, 6.07) is 5.83. The summed E-state index contributed by atoms with van der Waals surface area (Å²) < 4.78 is 11.0. The maximum atomic E-state index is 10.1. The van der Waals surface area contributed by atoms with Crippen LogP contribution in [0.2, 0.25) is 0 Å². The quantitative estimate of drug-likeness (QED) is 0.869. The van der Waals surface area contributed by atoms with Gasteiger partial charge in [-0.05, 0) is 24.5 Å². The van der Waals surface area contributed by atoms with Crippen molar-refractivity contribution in [2.45, 2.75) is 38.2 Å². The van der Waals surface area contributed by atoms with Gasteiger partial charge in [0, 0.05) is 18.3 Å². The lowest BCUT2D eigenvalue weighted by Crippen LogP contribution is -2.22. The number of aliphatic hydroxyl groups is 1. The van der Waals surface area contributed by atoms with Gasteiger partial charge in [-0.15, -0.1) is 0 Å². The van der Waals surface area contributed by atoms with Gasteiger partial charge in [-0.2, -0.15) is 0 Å². The molecule has 4 nitrogen and oxygen atoms in total. The molecule has 20 heavy (non-hydrogen) atoms. The first-order valence-corrected chi connectivity index (χ1v) is 7.63. The minimum Gasteiger partial charge on any atom is -0.486 e. The number of hydrogen-bond acceptors (Lipinski definition) is 4. The van der Waals surface area contributed by atoms with E-state index in [0.29, 0.717) is 25.7 Å². The maximum Gasteiger partial charge on any atom is 0.163 e. The van der Waals surface area contributed by atoms with Crippen LogP contribution < -0.4 is 14.8 Å². The molecule has 0 amide bonds. The third kappa shape index (κ3) is 3.37. The van der Waals surface area contributed by atoms with Crippen LogP contribution in [0.3, 0.4) is 0 Å². The zero-order chi connectivity index (χ0) is 13.8. The summed E-state index contributed by atoms with van der Waals surface area (Å²) in [6.45, 7) is 1.80. The molecule has 1 aliphatic carbocycles. The van der Waals surface area contributed by atoms with Gasteiger partial charge in [0.1, 0.15) is 13.2 Å². The number of rotatable bonds is 5. The summed E-state index contributed by atoms with van der Waals surface area (Å²) in [5.74, 6) is 2.30. The molecule has 0 bridgehead atoms. The van der Waals surface area contributed by atoms with Crippen LogP contribution in [0.15, 0.2) is 18.2 Å². The van der Waals surface area contributed by atoms with Gasteiger partial charge >= 0.3 is 0 Å². The second-order valence-corrected chi connectivity index (χ2v) is 5.78. The first-order chi connectivity index (χ1) is 9.81. The van der Waals surface area contributed by atoms with Crippen LogP contribution in [0, 0.1) is 5.92 Å². The average molecular weight is 277 g/mol. The molecule has 1 atom stereocenters. The normalized spacial score (nSPS) is 19.9. The first kappa shape index (κ1) is 13.6. The number of aliphatic hydroxyl groups excluding tert-OH is 1. The topological polar surface area (TPSA) is 50.7 Å². The van der Waals surface area contributed by atoms with Crippen LogP contribution in [0.1, 0.15) is 32.1 Å². The predicted octanol–water partition coefficient (Wildman–Crippen LogP) is 2.81. The van der Waals surface area contributed by atoms with Gasteiger partial charge in [-0.25, -0.2) is 0 Å². The van der Waals surface area contributed by atoms with E-state index in [1.807, 2.05) is 18.2 Å². The summed E-state index contributed by atoms with van der Waals surface area (Å²) in [5, 5.41) is 13.4. The lowest BCUT2D eigenvalue weighted by atomic mass is 10.00. The number of nitrogens with one attached hydrogen (secondary N) is 1. The van der Waals surface area contributed by atoms with Crippen molar-refractivity contribution in [1.82, 2.24) is 0 Å². The molecule has 1 aromatic carbocycles. The molecule has 1 aliphatic heterocycles. The van der Waals surface area contributed by atoms with Crippen molar-refractivity contribution >= 4 is 5.69 Å². The van der Waals surface area contributed by atoms with Crippen LogP contribution in [-0.2, 0) is 0 Å². The summed E-state index contributed by atoms with van der Waals surface area (Å²) in [7, 11) is 0. The molecule has 1 heterocycles. The Bertz CT molecular complexity index is 443. The van der Waals surface area contributed by atoms with Crippen LogP contribution in [0.5, 0.6) is 11.5 Å². The Morgan fingerprint density at radius 2 is 1.90 bits per heavy atom. The molecule has 1 saturated carbocycles. The Balaban J connectivity index is 1.50. The van der Waals surface area contributed by atoms with Crippen molar-refractivity contribution in [3.63, 3.8) is 0 Å². The molecule has 0 radical (unpaired) electrons. The van der Waals surface area contributed by atoms with E-state index in [1.165, 1.54) is 25.7 Å². The SMILES string of the molecule is OC(CNc1ccc2c(c1)OCCO2)CC1CCCC1. The van der Waals surface area contributed by atoms with E-state index >= 15 is 0 Å². The third-order valence-corrected chi connectivity index (χ3v) is 4.16. The summed E-state index contributed by atoms with van der Waals surface area (Å²) >= 11 is 0. The Hall–Kier alpha value is -1.42. The van der Waals surface area contributed by atoms with Crippen LogP contribution >= 0.6 is 0 Å². The fourth-order valence-electron chi connectivity index (χ4n) is 3.10. The largest absolute Gasteiger partial charge is 0.486 e. The van der Waals surface area contributed by atoms with E-state index in [9.17, 15) is 5.11 Å². The smallest absolute Gasteiger partial charge is 0.163 e. The van der Waals surface area contributed by atoms with Gasteiger partial charge in [-0.1, -0.05) is 25.7 Å². The molecule has 1 unspecified atom stereocenters. The van der Waals surface area contributed by atoms with E-state index < -0.39 is 0 Å². The minimum absolute atomic E-state index is 0.272. The molecule has 1 aromatic rings. The minimum atomic E-state index is -0.272. The number of hydrogen-bond donors (Lipinski definition) is 2. The Morgan fingerprint density at radius 1 is 1.15 bits per heavy atom.